The van der Waals surface area contributed by atoms with E-state index in [-0.39, 0.29) is 12.5 Å². The molecule has 1 amide bonds. The average Bonchev–Trinajstić information content (AvgIpc) is 3.02. The highest BCUT2D eigenvalue weighted by molar-refractivity contribution is 5.94. The van der Waals surface area contributed by atoms with Crippen molar-refractivity contribution in [2.24, 2.45) is 5.41 Å². The Hall–Kier alpha value is -2.63. The van der Waals surface area contributed by atoms with Crippen LogP contribution in [0.15, 0.2) is 36.5 Å². The molecule has 24 heavy (non-hydrogen) atoms. The Balaban J connectivity index is 2.06. The third-order valence-corrected chi connectivity index (χ3v) is 4.51. The molecule has 0 bridgehead atoms. The van der Waals surface area contributed by atoms with Crippen LogP contribution in [0, 0.1) is 12.3 Å². The summed E-state index contributed by atoms with van der Waals surface area (Å²) in [6, 6.07) is 8.95. The Kier molecular flexibility index (Phi) is 5.39. The first kappa shape index (κ1) is 17.7. The number of hydrogen-bond acceptors (Lipinski definition) is 3. The SMILES string of the molecule is CCC(CC)(CNC(=O)c1ccc(-n2ccc(C)n2)cc1)C(=O)O. The average molecular weight is 329 g/mol. The van der Waals surface area contributed by atoms with Crippen LogP contribution in [0.2, 0.25) is 0 Å². The van der Waals surface area contributed by atoms with E-state index >= 15 is 0 Å². The maximum absolute atomic E-state index is 12.3. The van der Waals surface area contributed by atoms with Gasteiger partial charge in [-0.25, -0.2) is 4.68 Å². The van der Waals surface area contributed by atoms with E-state index in [9.17, 15) is 14.7 Å². The molecule has 1 aromatic carbocycles. The molecule has 0 unspecified atom stereocenters. The molecule has 0 radical (unpaired) electrons. The largest absolute Gasteiger partial charge is 0.481 e. The standard InChI is InChI=1S/C18H23N3O3/c1-4-18(5-2,17(23)24)12-19-16(22)14-6-8-15(9-7-14)21-11-10-13(3)20-21/h6-11H,4-5,12H2,1-3H3,(H,19,22)(H,23,24). The quantitative estimate of drug-likeness (QED) is 0.818. The molecular weight excluding hydrogens is 306 g/mol. The molecule has 0 saturated carbocycles. The Morgan fingerprint density at radius 1 is 1.17 bits per heavy atom. The number of nitrogens with one attached hydrogen (secondary N) is 1. The van der Waals surface area contributed by atoms with E-state index in [1.165, 1.54) is 0 Å². The van der Waals surface area contributed by atoms with Crippen LogP contribution in [0.1, 0.15) is 42.7 Å². The number of aryl methyl sites for hydroxylation is 1. The van der Waals surface area contributed by atoms with E-state index in [1.54, 1.807) is 16.8 Å². The third-order valence-electron chi connectivity index (χ3n) is 4.51. The van der Waals surface area contributed by atoms with Gasteiger partial charge in [0.15, 0.2) is 0 Å². The van der Waals surface area contributed by atoms with Gasteiger partial charge < -0.3 is 10.4 Å². The number of nitrogens with zero attached hydrogens (tertiary/aromatic N) is 2. The summed E-state index contributed by atoms with van der Waals surface area (Å²) in [6.45, 7) is 5.68. The first-order chi connectivity index (χ1) is 11.4. The van der Waals surface area contributed by atoms with Crippen molar-refractivity contribution in [3.63, 3.8) is 0 Å². The van der Waals surface area contributed by atoms with Gasteiger partial charge >= 0.3 is 5.97 Å². The van der Waals surface area contributed by atoms with Gasteiger partial charge in [-0.1, -0.05) is 13.8 Å². The number of aliphatic carboxylic acids is 1. The van der Waals surface area contributed by atoms with Crippen LogP contribution in [-0.4, -0.2) is 33.3 Å². The third kappa shape index (κ3) is 3.64. The van der Waals surface area contributed by atoms with Crippen molar-refractivity contribution in [2.75, 3.05) is 6.54 Å². The number of hydrogen-bond donors (Lipinski definition) is 2. The molecule has 1 heterocycles. The second-order valence-electron chi connectivity index (χ2n) is 5.92. The summed E-state index contributed by atoms with van der Waals surface area (Å²) in [6.07, 6.45) is 2.79. The highest BCUT2D eigenvalue weighted by Gasteiger charge is 2.35. The monoisotopic (exact) mass is 329 g/mol. The van der Waals surface area contributed by atoms with Crippen LogP contribution >= 0.6 is 0 Å². The number of amides is 1. The lowest BCUT2D eigenvalue weighted by molar-refractivity contribution is -0.149. The van der Waals surface area contributed by atoms with Gasteiger partial charge in [0.2, 0.25) is 0 Å². The van der Waals surface area contributed by atoms with E-state index in [4.69, 9.17) is 0 Å². The van der Waals surface area contributed by atoms with Gasteiger partial charge in [0.05, 0.1) is 16.8 Å². The second kappa shape index (κ2) is 7.29. The van der Waals surface area contributed by atoms with Crippen LogP contribution in [0.3, 0.4) is 0 Å². The zero-order valence-electron chi connectivity index (χ0n) is 14.2. The van der Waals surface area contributed by atoms with E-state index in [0.29, 0.717) is 18.4 Å². The fourth-order valence-corrected chi connectivity index (χ4v) is 2.55. The van der Waals surface area contributed by atoms with Crippen molar-refractivity contribution in [3.8, 4) is 5.69 Å². The molecule has 6 nitrogen and oxygen atoms in total. The van der Waals surface area contributed by atoms with E-state index in [1.807, 2.05) is 45.2 Å². The summed E-state index contributed by atoms with van der Waals surface area (Å²) in [4.78, 5) is 23.7. The number of carbonyl (C=O) groups is 2. The first-order valence-corrected chi connectivity index (χ1v) is 8.06. The van der Waals surface area contributed by atoms with Gasteiger partial charge in [-0.2, -0.15) is 5.10 Å². The fourth-order valence-electron chi connectivity index (χ4n) is 2.55. The summed E-state index contributed by atoms with van der Waals surface area (Å²) in [7, 11) is 0. The topological polar surface area (TPSA) is 84.2 Å². The molecule has 1 aromatic heterocycles. The number of carboxylic acid groups (broad SMARTS) is 1. The van der Waals surface area contributed by atoms with Gasteiger partial charge in [-0.05, 0) is 50.1 Å². The molecule has 128 valence electrons. The maximum Gasteiger partial charge on any atom is 0.311 e. The Bertz CT molecular complexity index is 715. The molecular formula is C18H23N3O3. The minimum atomic E-state index is -0.914. The van der Waals surface area contributed by atoms with Crippen molar-refractivity contribution in [2.45, 2.75) is 33.6 Å². The fraction of sp³-hybridized carbons (Fsp3) is 0.389. The molecule has 0 aliphatic rings. The minimum Gasteiger partial charge on any atom is -0.481 e. The van der Waals surface area contributed by atoms with Gasteiger partial charge in [0, 0.05) is 18.3 Å². The van der Waals surface area contributed by atoms with Crippen LogP contribution in [0.25, 0.3) is 5.69 Å². The zero-order valence-corrected chi connectivity index (χ0v) is 14.2. The smallest absolute Gasteiger partial charge is 0.311 e. The van der Waals surface area contributed by atoms with Crippen molar-refractivity contribution in [1.29, 1.82) is 0 Å². The van der Waals surface area contributed by atoms with Crippen LogP contribution in [0.5, 0.6) is 0 Å². The number of carbonyl (C=O) groups excluding carboxylic acids is 1. The Morgan fingerprint density at radius 3 is 2.25 bits per heavy atom. The number of benzene rings is 1. The molecule has 2 N–H and O–H groups in total. The van der Waals surface area contributed by atoms with Crippen LogP contribution < -0.4 is 5.32 Å². The predicted molar refractivity (Wildman–Crippen MR) is 91.3 cm³/mol. The number of carboxylic acids is 1. The second-order valence-corrected chi connectivity index (χ2v) is 5.92. The molecule has 2 rings (SSSR count). The Morgan fingerprint density at radius 2 is 1.79 bits per heavy atom. The zero-order chi connectivity index (χ0) is 17.7. The molecule has 0 aliphatic carbocycles. The summed E-state index contributed by atoms with van der Waals surface area (Å²) >= 11 is 0. The molecule has 0 spiro atoms. The maximum atomic E-state index is 12.3. The van der Waals surface area contributed by atoms with Crippen LogP contribution in [0.4, 0.5) is 0 Å². The molecule has 0 aliphatic heterocycles. The summed E-state index contributed by atoms with van der Waals surface area (Å²) < 4.78 is 1.74. The lowest BCUT2D eigenvalue weighted by atomic mass is 9.82. The van der Waals surface area contributed by atoms with Gasteiger partial charge in [0.1, 0.15) is 0 Å². The summed E-state index contributed by atoms with van der Waals surface area (Å²) in [5.41, 5.74) is 1.36. The van der Waals surface area contributed by atoms with E-state index in [0.717, 1.165) is 11.4 Å². The lowest BCUT2D eigenvalue weighted by Crippen LogP contribution is -2.42. The van der Waals surface area contributed by atoms with Crippen molar-refractivity contribution in [1.82, 2.24) is 15.1 Å². The normalized spacial score (nSPS) is 11.3. The van der Waals surface area contributed by atoms with Crippen molar-refractivity contribution in [3.05, 3.63) is 47.8 Å². The van der Waals surface area contributed by atoms with E-state index < -0.39 is 11.4 Å². The van der Waals surface area contributed by atoms with E-state index in [2.05, 4.69) is 10.4 Å². The first-order valence-electron chi connectivity index (χ1n) is 8.06. The Labute approximate surface area is 141 Å². The minimum absolute atomic E-state index is 0.119. The van der Waals surface area contributed by atoms with Crippen molar-refractivity contribution >= 4 is 11.9 Å². The molecule has 0 atom stereocenters. The molecule has 2 aromatic rings. The summed E-state index contributed by atoms with van der Waals surface area (Å²) in [5.74, 6) is -1.15. The predicted octanol–water partition coefficient (Wildman–Crippen LogP) is 2.80. The van der Waals surface area contributed by atoms with Crippen LogP contribution in [-0.2, 0) is 4.79 Å². The molecule has 6 heteroatoms. The highest BCUT2D eigenvalue weighted by atomic mass is 16.4. The molecule has 0 saturated heterocycles. The van der Waals surface area contributed by atoms with Gasteiger partial charge in [-0.15, -0.1) is 0 Å². The highest BCUT2D eigenvalue weighted by Crippen LogP contribution is 2.25. The number of aromatic nitrogens is 2. The van der Waals surface area contributed by atoms with Crippen molar-refractivity contribution < 1.29 is 14.7 Å². The van der Waals surface area contributed by atoms with Gasteiger partial charge in [-0.3, -0.25) is 9.59 Å². The lowest BCUT2D eigenvalue weighted by Gasteiger charge is -2.26. The summed E-state index contributed by atoms with van der Waals surface area (Å²) in [5, 5.41) is 16.5. The van der Waals surface area contributed by atoms with Gasteiger partial charge in [0.25, 0.3) is 5.91 Å². The molecule has 0 fully saturated rings. The number of rotatable bonds is 7.